The lowest BCUT2D eigenvalue weighted by molar-refractivity contribution is -0.385. The van der Waals surface area contributed by atoms with E-state index in [2.05, 4.69) is 106 Å². The van der Waals surface area contributed by atoms with Crippen LogP contribution in [-0.2, 0) is 45.7 Å². The number of carbonyl (C=O) groups is 2. The standard InChI is InChI=1S/C49H56ClN7O7S.C45H50ClN7O6S/c1-48(2)12-10-35(43(28-48)33-4-6-37(50)7-5-33)31-55-18-20-56(21-19-55)38-8-9-41(45(26-38)64-39-24-34-11-15-51-46(34)52-29-39)47(58)53-65(62,63)40-25-36-22-32(23-42(36)44(27-40)57(60)61)30-54-16-13-49(3,59)14-17-54;1-45(2)13-11-32(40(25-45)30-5-7-34(46)8-6-30)28-51-15-17-52(18-16-51)35-9-10-38(42(23-35)59-36-21-31-12-14-47-43(31)48-26-36)44(54)49-60(57,58)37-22-33-19-29(27-50(3)4)20-39(33)41(24-37)53(55)56/h4-9,11,15,24-27,29,32,59H,10,12-14,16-23,28,30-31H2,1-3H3,(H,51,52)(H,53,58);5-10,12,14,21-24,26,29H,11,13,15-20,25,27-28H2,1-4H3,(H,47,48)(H,49,54)/t32-;29-/m00/s1. The third kappa shape index (κ3) is 20.6. The number of nitrogens with one attached hydrogen (secondary N) is 4. The topological polar surface area (TPSA) is 328 Å². The van der Waals surface area contributed by atoms with Gasteiger partial charge in [-0.3, -0.25) is 39.6 Å². The van der Waals surface area contributed by atoms with Crippen molar-refractivity contribution in [3.05, 3.63) is 244 Å². The number of hydrogen-bond acceptors (Lipinski definition) is 21. The first-order valence-corrected chi connectivity index (χ1v) is 46.5. The molecule has 0 spiro atoms. The van der Waals surface area contributed by atoms with Crippen LogP contribution in [0.25, 0.3) is 33.2 Å². The average Bonchev–Trinajstić information content (AvgIpc) is 1.72. The van der Waals surface area contributed by atoms with Crippen LogP contribution in [0, 0.1) is 42.9 Å². The zero-order chi connectivity index (χ0) is 88.0. The summed E-state index contributed by atoms with van der Waals surface area (Å²) in [6, 6.07) is 38.9. The number of nitro benzene ring substituents is 2. The zero-order valence-corrected chi connectivity index (χ0v) is 74.6. The summed E-state index contributed by atoms with van der Waals surface area (Å²) < 4.78 is 72.8. The summed E-state index contributed by atoms with van der Waals surface area (Å²) in [6.07, 6.45) is 16.2. The number of halogens is 2. The number of amides is 2. The predicted molar refractivity (Wildman–Crippen MR) is 487 cm³/mol. The minimum atomic E-state index is -4.57. The number of carbonyl (C=O) groups excluding carboxylic acids is 2. The van der Waals surface area contributed by atoms with Gasteiger partial charge >= 0.3 is 0 Å². The Balaban J connectivity index is 0.000000185. The van der Waals surface area contributed by atoms with Crippen LogP contribution < -0.4 is 28.7 Å². The number of hydrogen-bond donors (Lipinski definition) is 5. The monoisotopic (exact) mass is 1770 g/mol. The Morgan fingerprint density at radius 2 is 0.952 bits per heavy atom. The molecule has 31 heteroatoms. The van der Waals surface area contributed by atoms with E-state index in [-0.39, 0.29) is 66.5 Å². The van der Waals surface area contributed by atoms with E-state index in [0.717, 1.165) is 161 Å². The predicted octanol–water partition coefficient (Wildman–Crippen LogP) is 16.5. The highest BCUT2D eigenvalue weighted by Crippen LogP contribution is 2.47. The van der Waals surface area contributed by atoms with Crippen LogP contribution in [0.5, 0.6) is 23.0 Å². The molecule has 5 N–H and O–H groups in total. The number of likely N-dealkylation sites (tertiary alicyclic amines) is 1. The number of sulfonamides is 2. The third-order valence-electron chi connectivity index (χ3n) is 25.8. The Morgan fingerprint density at radius 3 is 1.37 bits per heavy atom. The molecule has 27 nitrogen and oxygen atoms in total. The second kappa shape index (κ2) is 36.0. The van der Waals surface area contributed by atoms with E-state index < -0.39 is 47.3 Å². The molecule has 656 valence electrons. The lowest BCUT2D eigenvalue weighted by atomic mass is 9.72. The molecule has 0 bridgehead atoms. The van der Waals surface area contributed by atoms with Gasteiger partial charge in [0.05, 0.1) is 48.8 Å². The Morgan fingerprint density at radius 1 is 0.536 bits per heavy atom. The molecule has 4 aromatic heterocycles. The van der Waals surface area contributed by atoms with E-state index in [1.165, 1.54) is 57.9 Å². The number of rotatable bonds is 24. The summed E-state index contributed by atoms with van der Waals surface area (Å²) in [5.74, 6) is -0.696. The largest absolute Gasteiger partial charge is 0.455 e. The first-order valence-electron chi connectivity index (χ1n) is 42.8. The molecule has 2 atom stereocenters. The lowest BCUT2D eigenvalue weighted by Gasteiger charge is -2.39. The number of H-pyrrole nitrogens is 2. The number of ether oxygens (including phenoxy) is 2. The van der Waals surface area contributed by atoms with Crippen molar-refractivity contribution >= 4 is 111 Å². The smallest absolute Gasteiger partial charge is 0.274 e. The van der Waals surface area contributed by atoms with Crippen LogP contribution in [0.1, 0.15) is 140 Å². The van der Waals surface area contributed by atoms with Gasteiger partial charge in [-0.2, -0.15) is 0 Å². The van der Waals surface area contributed by atoms with Crippen LogP contribution in [0.15, 0.2) is 179 Å². The van der Waals surface area contributed by atoms with Gasteiger partial charge in [-0.25, -0.2) is 36.2 Å². The molecule has 2 amide bonds. The molecular formula is C94H106Cl2N14O13S2. The average molecular weight is 1780 g/mol. The molecule has 0 saturated carbocycles. The van der Waals surface area contributed by atoms with E-state index in [0.29, 0.717) is 96.7 Å². The van der Waals surface area contributed by atoms with Gasteiger partial charge in [-0.05, 0) is 239 Å². The van der Waals surface area contributed by atoms with Crippen LogP contribution in [0.4, 0.5) is 22.7 Å². The van der Waals surface area contributed by atoms with Gasteiger partial charge in [-0.15, -0.1) is 0 Å². The van der Waals surface area contributed by atoms with Crippen molar-refractivity contribution in [3.8, 4) is 23.0 Å². The molecule has 4 aliphatic carbocycles. The van der Waals surface area contributed by atoms with Gasteiger partial charge < -0.3 is 44.1 Å². The van der Waals surface area contributed by atoms with E-state index in [1.807, 2.05) is 62.3 Å². The van der Waals surface area contributed by atoms with Gasteiger partial charge in [0.1, 0.15) is 34.3 Å². The summed E-state index contributed by atoms with van der Waals surface area (Å²) in [6.45, 7) is 22.0. The first kappa shape index (κ1) is 87.9. The molecular weight excluding hydrogens is 1670 g/mol. The fourth-order valence-electron chi connectivity index (χ4n) is 19.0. The Labute approximate surface area is 738 Å². The molecule has 17 rings (SSSR count). The Kier molecular flexibility index (Phi) is 25.3. The highest BCUT2D eigenvalue weighted by Gasteiger charge is 2.39. The van der Waals surface area contributed by atoms with E-state index in [9.17, 15) is 51.8 Å². The van der Waals surface area contributed by atoms with E-state index in [1.54, 1.807) is 60.9 Å². The number of aliphatic hydroxyl groups is 1. The third-order valence-corrected chi connectivity index (χ3v) is 28.9. The minimum Gasteiger partial charge on any atom is -0.455 e. The number of benzene rings is 6. The molecule has 7 aliphatic rings. The molecule has 125 heavy (non-hydrogen) atoms. The van der Waals surface area contributed by atoms with Crippen molar-refractivity contribution in [2.75, 3.05) is 116 Å². The van der Waals surface area contributed by atoms with Crippen molar-refractivity contribution in [2.45, 2.75) is 127 Å². The van der Waals surface area contributed by atoms with Crippen LogP contribution in [0.3, 0.4) is 0 Å². The first-order chi connectivity index (χ1) is 59.6. The number of nitrogens with zero attached hydrogens (tertiary/aromatic N) is 10. The lowest BCUT2D eigenvalue weighted by Crippen LogP contribution is -2.47. The molecule has 3 aliphatic heterocycles. The summed E-state index contributed by atoms with van der Waals surface area (Å²) in [5.41, 5.74) is 12.6. The van der Waals surface area contributed by atoms with Gasteiger partial charge in [0, 0.05) is 172 Å². The SMILES string of the molecule is CC1(C)CCC(CN2CCN(c3ccc(C(=O)NS(=O)(=O)c4cc5c(c([N+](=O)[O-])c4)C[C@@H](CN4CCC(C)(O)CC4)C5)c(Oc4cnc5[nH]ccc5c4)c3)CC2)=C(c2ccc(Cl)cc2)C1.CN(C)C[C@H]1Cc2cc(S(=O)(=O)NC(=O)c3ccc(N4CCN(CC5=C(c6ccc(Cl)cc6)CC(C)(C)CC5)CC4)cc3Oc3cnc4[nH]ccc4c3)cc([N+](=O)[O-])c2C1. The van der Waals surface area contributed by atoms with E-state index >= 15 is 0 Å². The number of piperidine rings is 1. The fourth-order valence-corrected chi connectivity index (χ4v) is 21.3. The molecule has 0 unspecified atom stereocenters. The number of allylic oxidation sites excluding steroid dienone is 2. The fraction of sp³-hybridized carbons (Fsp3) is 0.404. The maximum Gasteiger partial charge on any atom is 0.274 e. The summed E-state index contributed by atoms with van der Waals surface area (Å²) in [4.78, 5) is 79.5. The highest BCUT2D eigenvalue weighted by molar-refractivity contribution is 7.90. The van der Waals surface area contributed by atoms with Crippen LogP contribution in [-0.4, -0.2) is 194 Å². The molecule has 6 aromatic carbocycles. The number of pyridine rings is 2. The summed E-state index contributed by atoms with van der Waals surface area (Å²) >= 11 is 12.5. The van der Waals surface area contributed by atoms with E-state index in [4.69, 9.17) is 32.7 Å². The number of aromatic nitrogens is 4. The molecule has 10 aromatic rings. The van der Waals surface area contributed by atoms with Crippen molar-refractivity contribution < 1.29 is 50.9 Å². The number of nitro groups is 2. The normalized spacial score (nSPS) is 19.3. The van der Waals surface area contributed by atoms with Crippen molar-refractivity contribution in [2.24, 2.45) is 22.7 Å². The Bertz CT molecular complexity index is 6110. The molecule has 3 saturated heterocycles. The van der Waals surface area contributed by atoms with Gasteiger partial charge in [0.2, 0.25) is 0 Å². The van der Waals surface area contributed by atoms with Crippen LogP contribution >= 0.6 is 23.2 Å². The molecule has 7 heterocycles. The highest BCUT2D eigenvalue weighted by atomic mass is 35.5. The summed E-state index contributed by atoms with van der Waals surface area (Å²) in [5, 5.41) is 37.9. The second-order valence-corrected chi connectivity index (χ2v) is 41.0. The van der Waals surface area contributed by atoms with Gasteiger partial charge in [0.25, 0.3) is 43.2 Å². The minimum absolute atomic E-state index is 0.0151. The van der Waals surface area contributed by atoms with Gasteiger partial charge in [0.15, 0.2) is 0 Å². The number of piperazine rings is 2. The maximum absolute atomic E-state index is 14.1. The van der Waals surface area contributed by atoms with Crippen molar-refractivity contribution in [3.63, 3.8) is 0 Å². The van der Waals surface area contributed by atoms with Gasteiger partial charge in [-0.1, -0.05) is 86.3 Å². The number of aromatic amines is 2. The summed E-state index contributed by atoms with van der Waals surface area (Å²) in [7, 11) is -5.24. The zero-order valence-electron chi connectivity index (χ0n) is 71.4. The maximum atomic E-state index is 14.1. The van der Waals surface area contributed by atoms with Crippen LogP contribution in [0.2, 0.25) is 10.0 Å². The van der Waals surface area contributed by atoms with Crippen molar-refractivity contribution in [1.82, 2.24) is 49.0 Å². The Hall–Kier alpha value is -10.6. The second-order valence-electron chi connectivity index (χ2n) is 36.8. The molecule has 0 radical (unpaired) electrons. The van der Waals surface area contributed by atoms with Crippen molar-refractivity contribution in [1.29, 1.82) is 0 Å². The molecule has 3 fully saturated rings. The number of anilines is 2. The number of fused-ring (bicyclic) bond motifs is 4. The quantitative estimate of drug-likeness (QED) is 0.0277.